The van der Waals surface area contributed by atoms with E-state index in [9.17, 15) is 8.39 Å². The topological polar surface area (TPSA) is 50.4 Å². The Morgan fingerprint density at radius 3 is 2.50 bits per heavy atom. The molecule has 3 N–H and O–H groups in total. The van der Waals surface area contributed by atoms with Crippen LogP contribution in [0.15, 0.2) is 4.52 Å². The third-order valence-corrected chi connectivity index (χ3v) is 2.59. The monoisotopic (exact) mass is 161 g/mol. The van der Waals surface area contributed by atoms with Gasteiger partial charge in [0.2, 0.25) is 0 Å². The summed E-state index contributed by atoms with van der Waals surface area (Å²) >= 11 is 0. The van der Waals surface area contributed by atoms with Gasteiger partial charge in [-0.3, -0.25) is 5.50 Å². The smallest absolute Gasteiger partial charge is 0.260 e. The van der Waals surface area contributed by atoms with Crippen molar-refractivity contribution in [1.29, 1.82) is 0 Å². The molecule has 50 valence electrons. The fourth-order valence-electron chi connectivity index (χ4n) is 0.105. The normalized spacial score (nSPS) is 19.0. The average molecular weight is 161 g/mol. The Balaban J connectivity index is 3.88. The Labute approximate surface area is 48.3 Å². The highest BCUT2D eigenvalue weighted by atomic mass is 31.2. The van der Waals surface area contributed by atoms with Gasteiger partial charge in [-0.05, 0) is 7.05 Å². The van der Waals surface area contributed by atoms with Gasteiger partial charge < -0.3 is 0 Å². The fraction of sp³-hybridized carbons (Fsp3) is 1.00. The second-order valence-corrected chi connectivity index (χ2v) is 3.63. The molecule has 0 heterocycles. The first-order valence-corrected chi connectivity index (χ1v) is 4.29. The summed E-state index contributed by atoms with van der Waals surface area (Å²) in [4.78, 5) is 0. The summed E-state index contributed by atoms with van der Waals surface area (Å²) in [5.41, 5.74) is 4.76. The van der Waals surface area contributed by atoms with E-state index in [-0.39, 0.29) is 0 Å². The number of rotatable bonds is 2. The van der Waals surface area contributed by atoms with Gasteiger partial charge in [-0.2, -0.15) is 8.71 Å². The van der Waals surface area contributed by atoms with Gasteiger partial charge in [0.1, 0.15) is 0 Å². The van der Waals surface area contributed by atoms with Crippen LogP contribution in [-0.4, -0.2) is 7.05 Å². The summed E-state index contributed by atoms with van der Waals surface area (Å²) in [5.74, 6) is 0. The summed E-state index contributed by atoms with van der Waals surface area (Å²) in [7, 11) is -3.38. The van der Waals surface area contributed by atoms with Crippen LogP contribution in [0.1, 0.15) is 0 Å². The number of hydrogen-bond donors (Lipinski definition) is 2. The molecule has 0 aromatic carbocycles. The molecule has 0 spiro atoms. The third kappa shape index (κ3) is 3.44. The number of halogens is 2. The number of nitrogens with one attached hydrogen (secondary N) is 1. The van der Waals surface area contributed by atoms with Crippen molar-refractivity contribution >= 4 is 16.7 Å². The molecule has 8 heavy (non-hydrogen) atoms. The second-order valence-electron chi connectivity index (χ2n) is 1.01. The van der Waals surface area contributed by atoms with Crippen molar-refractivity contribution in [3.8, 4) is 0 Å². The Kier molecular flexibility index (Phi) is 3.65. The highest BCUT2D eigenvalue weighted by Crippen LogP contribution is 2.42. The molecule has 0 aromatic rings. The molecular weight excluding hydrogens is 154 g/mol. The summed E-state index contributed by atoms with van der Waals surface area (Å²) in [6.45, 7) is 0. The number of nitrogens with zero attached hydrogens (tertiary/aromatic N) is 1. The van der Waals surface area contributed by atoms with Crippen molar-refractivity contribution in [2.45, 2.75) is 0 Å². The van der Waals surface area contributed by atoms with Crippen LogP contribution in [0.4, 0.5) is 8.39 Å². The summed E-state index contributed by atoms with van der Waals surface area (Å²) < 4.78 is 26.2. The van der Waals surface area contributed by atoms with Gasteiger partial charge >= 0.3 is 0 Å². The van der Waals surface area contributed by atoms with Crippen LogP contribution >= 0.6 is 16.7 Å². The summed E-state index contributed by atoms with van der Waals surface area (Å²) in [6.07, 6.45) is 0. The molecule has 3 nitrogen and oxygen atoms in total. The van der Waals surface area contributed by atoms with E-state index in [1.54, 1.807) is 0 Å². The van der Waals surface area contributed by atoms with Crippen LogP contribution < -0.4 is 10.6 Å². The van der Waals surface area contributed by atoms with Crippen LogP contribution in [0.5, 0.6) is 0 Å². The largest absolute Gasteiger partial charge is 0.266 e. The van der Waals surface area contributed by atoms with Gasteiger partial charge in [0, 0.05) is 0 Å². The van der Waals surface area contributed by atoms with E-state index in [1.165, 1.54) is 7.05 Å². The van der Waals surface area contributed by atoms with E-state index < -0.39 is 16.7 Å². The molecular formula is CH7F2N3P2. The Hall–Kier alpha value is 0.440. The fourth-order valence-corrected chi connectivity index (χ4v) is 0.945. The van der Waals surface area contributed by atoms with Crippen LogP contribution in [-0.2, 0) is 0 Å². The lowest BCUT2D eigenvalue weighted by Gasteiger charge is -2.02. The van der Waals surface area contributed by atoms with Crippen LogP contribution in [0, 0.1) is 0 Å². The molecule has 7 heteroatoms. The van der Waals surface area contributed by atoms with Crippen molar-refractivity contribution in [3.05, 3.63) is 0 Å². The lowest BCUT2D eigenvalue weighted by Crippen LogP contribution is -2.05. The molecule has 0 rings (SSSR count). The lowest BCUT2D eigenvalue weighted by molar-refractivity contribution is 0.840. The highest BCUT2D eigenvalue weighted by molar-refractivity contribution is 7.61. The van der Waals surface area contributed by atoms with Gasteiger partial charge in [-0.25, -0.2) is 9.28 Å². The van der Waals surface area contributed by atoms with Crippen molar-refractivity contribution in [1.82, 2.24) is 5.09 Å². The number of nitrogens with two attached hydrogens (primary N) is 1. The first-order valence-electron chi connectivity index (χ1n) is 1.76. The quantitative estimate of drug-likeness (QED) is 0.603. The van der Waals surface area contributed by atoms with E-state index in [4.69, 9.17) is 5.50 Å². The predicted molar refractivity (Wildman–Crippen MR) is 33.1 cm³/mol. The second kappa shape index (κ2) is 3.46. The Morgan fingerprint density at radius 1 is 1.88 bits per heavy atom. The highest BCUT2D eigenvalue weighted by Gasteiger charge is 2.04. The van der Waals surface area contributed by atoms with E-state index in [1.807, 2.05) is 0 Å². The molecule has 2 atom stereocenters. The number of hydrogen-bond acceptors (Lipinski definition) is 1. The van der Waals surface area contributed by atoms with Crippen molar-refractivity contribution in [2.24, 2.45) is 10.0 Å². The van der Waals surface area contributed by atoms with Gasteiger partial charge in [0.15, 0.2) is 9.04 Å². The molecule has 0 aliphatic heterocycles. The van der Waals surface area contributed by atoms with Crippen LogP contribution in [0.25, 0.3) is 0 Å². The summed E-state index contributed by atoms with van der Waals surface area (Å²) in [5, 5.41) is 2.06. The SMILES string of the molecule is CNP(N)(F)=NPF. The first kappa shape index (κ1) is 8.44. The third-order valence-electron chi connectivity index (χ3n) is 0.497. The maximum absolute atomic E-state index is 12.2. The zero-order valence-corrected chi connectivity index (χ0v) is 6.12. The Bertz CT molecular complexity index is 108. The minimum absolute atomic E-state index is 1.27. The minimum atomic E-state index is -3.41. The van der Waals surface area contributed by atoms with E-state index in [2.05, 4.69) is 9.60 Å². The standard InChI is InChI=1S/CH7F2N3P2/c1-5-8(3,4)6-7-2/h5,7H,4H2,1H3. The minimum Gasteiger partial charge on any atom is -0.260 e. The molecule has 0 radical (unpaired) electrons. The zero-order valence-electron chi connectivity index (χ0n) is 4.23. The molecule has 0 amide bonds. The van der Waals surface area contributed by atoms with Crippen molar-refractivity contribution < 1.29 is 8.39 Å². The molecule has 0 aliphatic rings. The van der Waals surface area contributed by atoms with E-state index in [0.717, 1.165) is 0 Å². The molecule has 0 bridgehead atoms. The van der Waals surface area contributed by atoms with Crippen LogP contribution in [0.3, 0.4) is 0 Å². The molecule has 0 aliphatic carbocycles. The molecule has 0 fully saturated rings. The molecule has 0 saturated heterocycles. The van der Waals surface area contributed by atoms with Crippen molar-refractivity contribution in [2.75, 3.05) is 7.05 Å². The lowest BCUT2D eigenvalue weighted by atomic mass is 11.6. The summed E-state index contributed by atoms with van der Waals surface area (Å²) in [6, 6.07) is 0. The first-order chi connectivity index (χ1) is 3.62. The molecule has 0 saturated carbocycles. The van der Waals surface area contributed by atoms with Crippen LogP contribution in [0.2, 0.25) is 0 Å². The van der Waals surface area contributed by atoms with E-state index >= 15 is 0 Å². The van der Waals surface area contributed by atoms with Gasteiger partial charge in [0.05, 0.1) is 0 Å². The van der Waals surface area contributed by atoms with E-state index in [0.29, 0.717) is 0 Å². The Morgan fingerprint density at radius 2 is 2.38 bits per heavy atom. The zero-order chi connectivity index (χ0) is 6.62. The predicted octanol–water partition coefficient (Wildman–Crippen LogP) is 1.56. The maximum Gasteiger partial charge on any atom is 0.266 e. The molecule has 2 unspecified atom stereocenters. The average Bonchev–Trinajstić information content (AvgIpc) is 1.67. The molecule has 0 aromatic heterocycles. The van der Waals surface area contributed by atoms with Gasteiger partial charge in [-0.15, -0.1) is 0 Å². The van der Waals surface area contributed by atoms with Gasteiger partial charge in [-0.1, -0.05) is 0 Å². The van der Waals surface area contributed by atoms with Crippen molar-refractivity contribution in [3.63, 3.8) is 0 Å². The van der Waals surface area contributed by atoms with Gasteiger partial charge in [0.25, 0.3) is 7.67 Å². The maximum atomic E-state index is 12.2.